The summed E-state index contributed by atoms with van der Waals surface area (Å²) < 4.78 is 0. The monoisotopic (exact) mass is 336 g/mol. The van der Waals surface area contributed by atoms with Crippen LogP contribution in [0, 0.1) is 5.92 Å². The van der Waals surface area contributed by atoms with E-state index in [9.17, 15) is 14.7 Å². The van der Waals surface area contributed by atoms with E-state index in [2.05, 4.69) is 5.32 Å². The molecular formula is C17H24N2O3S. The predicted octanol–water partition coefficient (Wildman–Crippen LogP) is 1.86. The molecule has 3 rings (SSSR count). The van der Waals surface area contributed by atoms with Gasteiger partial charge in [0.05, 0.1) is 12.5 Å². The summed E-state index contributed by atoms with van der Waals surface area (Å²) in [6, 6.07) is 2.19. The largest absolute Gasteiger partial charge is 0.384 e. The van der Waals surface area contributed by atoms with Crippen LogP contribution in [0.1, 0.15) is 44.6 Å². The summed E-state index contributed by atoms with van der Waals surface area (Å²) in [4.78, 5) is 26.4. The zero-order valence-corrected chi connectivity index (χ0v) is 14.3. The van der Waals surface area contributed by atoms with Crippen LogP contribution in [-0.4, -0.2) is 41.0 Å². The summed E-state index contributed by atoms with van der Waals surface area (Å²) in [5.74, 6) is -0.322. The Labute approximate surface area is 140 Å². The first-order chi connectivity index (χ1) is 11.0. The number of rotatable bonds is 5. The van der Waals surface area contributed by atoms with Gasteiger partial charge in [-0.3, -0.25) is 9.59 Å². The SMILES string of the molecule is CC(O)(CNC(=O)C1CC(=O)N(C2CCCC2)C1)c1ccsc1. The van der Waals surface area contributed by atoms with Crippen LogP contribution < -0.4 is 5.32 Å². The van der Waals surface area contributed by atoms with Gasteiger partial charge in [0.1, 0.15) is 5.60 Å². The van der Waals surface area contributed by atoms with Crippen molar-refractivity contribution in [3.63, 3.8) is 0 Å². The summed E-state index contributed by atoms with van der Waals surface area (Å²) in [7, 11) is 0. The van der Waals surface area contributed by atoms with Gasteiger partial charge in [0.25, 0.3) is 0 Å². The van der Waals surface area contributed by atoms with Gasteiger partial charge in [0.15, 0.2) is 0 Å². The van der Waals surface area contributed by atoms with Crippen molar-refractivity contribution in [3.8, 4) is 0 Å². The molecule has 2 aliphatic rings. The second kappa shape index (κ2) is 6.61. The van der Waals surface area contributed by atoms with Crippen LogP contribution in [-0.2, 0) is 15.2 Å². The highest BCUT2D eigenvalue weighted by molar-refractivity contribution is 7.08. The van der Waals surface area contributed by atoms with E-state index in [4.69, 9.17) is 0 Å². The number of carbonyl (C=O) groups is 2. The van der Waals surface area contributed by atoms with Gasteiger partial charge in [-0.15, -0.1) is 0 Å². The Hall–Kier alpha value is -1.40. The molecule has 2 atom stereocenters. The third-order valence-electron chi connectivity index (χ3n) is 5.04. The van der Waals surface area contributed by atoms with Gasteiger partial charge in [-0.05, 0) is 42.2 Å². The number of thiophene rings is 1. The first-order valence-electron chi connectivity index (χ1n) is 8.29. The Morgan fingerprint density at radius 3 is 2.87 bits per heavy atom. The molecule has 2 heterocycles. The van der Waals surface area contributed by atoms with Crippen molar-refractivity contribution in [2.75, 3.05) is 13.1 Å². The van der Waals surface area contributed by atoms with Crippen molar-refractivity contribution in [2.24, 2.45) is 5.92 Å². The summed E-state index contributed by atoms with van der Waals surface area (Å²) >= 11 is 1.52. The number of hydrogen-bond donors (Lipinski definition) is 2. The summed E-state index contributed by atoms with van der Waals surface area (Å²) in [5.41, 5.74) is -0.276. The van der Waals surface area contributed by atoms with Crippen LogP contribution in [0.25, 0.3) is 0 Å². The van der Waals surface area contributed by atoms with Gasteiger partial charge in [-0.2, -0.15) is 11.3 Å². The maximum Gasteiger partial charge on any atom is 0.225 e. The van der Waals surface area contributed by atoms with Crippen LogP contribution in [0.15, 0.2) is 16.8 Å². The van der Waals surface area contributed by atoms with Gasteiger partial charge >= 0.3 is 0 Å². The van der Waals surface area contributed by atoms with Crippen molar-refractivity contribution in [2.45, 2.75) is 50.7 Å². The lowest BCUT2D eigenvalue weighted by molar-refractivity contribution is -0.130. The van der Waals surface area contributed by atoms with Crippen molar-refractivity contribution in [1.29, 1.82) is 0 Å². The molecule has 1 aromatic heterocycles. The molecule has 1 aliphatic carbocycles. The van der Waals surface area contributed by atoms with Crippen LogP contribution >= 0.6 is 11.3 Å². The molecule has 2 amide bonds. The number of aliphatic hydroxyl groups is 1. The lowest BCUT2D eigenvalue weighted by Gasteiger charge is -2.25. The third-order valence-corrected chi connectivity index (χ3v) is 5.73. The molecule has 0 spiro atoms. The summed E-state index contributed by atoms with van der Waals surface area (Å²) in [5, 5.41) is 17.1. The Kier molecular flexibility index (Phi) is 4.73. The highest BCUT2D eigenvalue weighted by Crippen LogP contribution is 2.29. The normalized spacial score (nSPS) is 24.9. The molecular weight excluding hydrogens is 312 g/mol. The average molecular weight is 336 g/mol. The fraction of sp³-hybridized carbons (Fsp3) is 0.647. The van der Waals surface area contributed by atoms with E-state index in [1.165, 1.54) is 24.2 Å². The van der Waals surface area contributed by atoms with E-state index in [0.29, 0.717) is 19.0 Å². The van der Waals surface area contributed by atoms with Crippen molar-refractivity contribution >= 4 is 23.2 Å². The molecule has 1 aromatic rings. The molecule has 2 unspecified atom stereocenters. The maximum absolute atomic E-state index is 12.4. The molecule has 1 aliphatic heterocycles. The minimum Gasteiger partial charge on any atom is -0.384 e. The summed E-state index contributed by atoms with van der Waals surface area (Å²) in [6.07, 6.45) is 4.77. The molecule has 1 saturated carbocycles. The second-order valence-corrected chi connectivity index (χ2v) is 7.67. The maximum atomic E-state index is 12.4. The van der Waals surface area contributed by atoms with Crippen molar-refractivity contribution in [1.82, 2.24) is 10.2 Å². The first-order valence-corrected chi connectivity index (χ1v) is 9.24. The van der Waals surface area contributed by atoms with E-state index in [0.717, 1.165) is 18.4 Å². The zero-order valence-electron chi connectivity index (χ0n) is 13.5. The number of carbonyl (C=O) groups excluding carboxylic acids is 2. The number of nitrogens with zero attached hydrogens (tertiary/aromatic N) is 1. The topological polar surface area (TPSA) is 69.6 Å². The highest BCUT2D eigenvalue weighted by atomic mass is 32.1. The quantitative estimate of drug-likeness (QED) is 0.862. The fourth-order valence-electron chi connectivity index (χ4n) is 3.55. The molecule has 2 fully saturated rings. The van der Waals surface area contributed by atoms with Gasteiger partial charge in [-0.1, -0.05) is 12.8 Å². The lowest BCUT2D eigenvalue weighted by Crippen LogP contribution is -2.42. The molecule has 2 N–H and O–H groups in total. The van der Waals surface area contributed by atoms with E-state index in [1.807, 2.05) is 21.7 Å². The van der Waals surface area contributed by atoms with Gasteiger partial charge in [0.2, 0.25) is 11.8 Å². The van der Waals surface area contributed by atoms with Crippen LogP contribution in [0.5, 0.6) is 0 Å². The minimum atomic E-state index is -1.08. The third kappa shape index (κ3) is 3.58. The standard InChI is InChI=1S/C17H24N2O3S/c1-17(22,13-6-7-23-10-13)11-18-16(21)12-8-15(20)19(9-12)14-4-2-3-5-14/h6-7,10,12,14,22H,2-5,8-9,11H2,1H3,(H,18,21). The van der Waals surface area contributed by atoms with Crippen molar-refractivity contribution in [3.05, 3.63) is 22.4 Å². The molecule has 6 heteroatoms. The number of nitrogens with one attached hydrogen (secondary N) is 1. The minimum absolute atomic E-state index is 0.0987. The molecule has 126 valence electrons. The molecule has 0 aromatic carbocycles. The zero-order chi connectivity index (χ0) is 16.4. The first kappa shape index (κ1) is 16.5. The lowest BCUT2D eigenvalue weighted by atomic mass is 9.98. The average Bonchev–Trinajstić information content (AvgIpc) is 3.24. The molecule has 1 saturated heterocycles. The van der Waals surface area contributed by atoms with E-state index in [1.54, 1.807) is 6.92 Å². The van der Waals surface area contributed by atoms with E-state index in [-0.39, 0.29) is 24.3 Å². The predicted molar refractivity (Wildman–Crippen MR) is 89.0 cm³/mol. The van der Waals surface area contributed by atoms with Crippen LogP contribution in [0.4, 0.5) is 0 Å². The molecule has 0 radical (unpaired) electrons. The van der Waals surface area contributed by atoms with Gasteiger partial charge in [0, 0.05) is 19.0 Å². The number of likely N-dealkylation sites (tertiary alicyclic amines) is 1. The Bertz CT molecular complexity index is 564. The highest BCUT2D eigenvalue weighted by Gasteiger charge is 2.39. The Morgan fingerprint density at radius 2 is 2.22 bits per heavy atom. The van der Waals surface area contributed by atoms with E-state index >= 15 is 0 Å². The van der Waals surface area contributed by atoms with E-state index < -0.39 is 5.60 Å². The van der Waals surface area contributed by atoms with Gasteiger partial charge in [-0.25, -0.2) is 0 Å². The second-order valence-electron chi connectivity index (χ2n) is 6.89. The number of amides is 2. The van der Waals surface area contributed by atoms with Gasteiger partial charge < -0.3 is 15.3 Å². The molecule has 0 bridgehead atoms. The summed E-state index contributed by atoms with van der Waals surface area (Å²) in [6.45, 7) is 2.38. The smallest absolute Gasteiger partial charge is 0.225 e. The van der Waals surface area contributed by atoms with Crippen LogP contribution in [0.2, 0.25) is 0 Å². The van der Waals surface area contributed by atoms with Crippen LogP contribution in [0.3, 0.4) is 0 Å². The van der Waals surface area contributed by atoms with Crippen molar-refractivity contribution < 1.29 is 14.7 Å². The Balaban J connectivity index is 1.54. The molecule has 5 nitrogen and oxygen atoms in total. The Morgan fingerprint density at radius 1 is 1.48 bits per heavy atom. The molecule has 23 heavy (non-hydrogen) atoms. The fourth-order valence-corrected chi connectivity index (χ4v) is 4.34. The number of hydrogen-bond acceptors (Lipinski definition) is 4.